The summed E-state index contributed by atoms with van der Waals surface area (Å²) in [6.07, 6.45) is 2.42. The maximum absolute atomic E-state index is 12.3. The number of nitrogens with zero attached hydrogens (tertiary/aromatic N) is 2. The predicted octanol–water partition coefficient (Wildman–Crippen LogP) is 1.27. The molecule has 0 atom stereocenters. The molecule has 3 rings (SSSR count). The van der Waals surface area contributed by atoms with Gasteiger partial charge in [0, 0.05) is 50.4 Å². The molecule has 0 aromatic heterocycles. The predicted molar refractivity (Wildman–Crippen MR) is 92.2 cm³/mol. The Morgan fingerprint density at radius 3 is 2.79 bits per heavy atom. The number of likely N-dealkylation sites (tertiary alicyclic amines) is 1. The Balaban J connectivity index is 1.46. The van der Waals surface area contributed by atoms with Gasteiger partial charge >= 0.3 is 0 Å². The van der Waals surface area contributed by atoms with E-state index in [9.17, 15) is 9.59 Å². The van der Waals surface area contributed by atoms with Crippen LogP contribution < -0.4 is 10.2 Å². The minimum atomic E-state index is -0.0575. The number of carbonyl (C=O) groups excluding carboxylic acids is 2. The zero-order valence-corrected chi connectivity index (χ0v) is 14.0. The molecule has 1 aromatic carbocycles. The Bertz CT molecular complexity index is 585. The summed E-state index contributed by atoms with van der Waals surface area (Å²) in [4.78, 5) is 28.0. The Hall–Kier alpha value is -2.08. The van der Waals surface area contributed by atoms with Crippen molar-refractivity contribution in [2.45, 2.75) is 19.3 Å². The molecule has 130 valence electrons. The summed E-state index contributed by atoms with van der Waals surface area (Å²) in [5.74, 6) is 0.178. The molecule has 2 aliphatic rings. The van der Waals surface area contributed by atoms with E-state index < -0.39 is 0 Å². The number of ether oxygens (including phenoxy) is 1. The largest absolute Gasteiger partial charge is 0.378 e. The van der Waals surface area contributed by atoms with E-state index in [2.05, 4.69) is 10.2 Å². The standard InChI is InChI=1S/C18H25N3O3/c22-17-6-2-8-21(17)9-3-7-19-18(23)15-4-1-5-16(14-15)20-10-12-24-13-11-20/h1,4-5,14H,2-3,6-13H2,(H,19,23). The van der Waals surface area contributed by atoms with Gasteiger partial charge in [-0.1, -0.05) is 6.07 Å². The van der Waals surface area contributed by atoms with E-state index in [0.717, 1.165) is 57.9 Å². The molecular weight excluding hydrogens is 306 g/mol. The normalized spacial score (nSPS) is 18.1. The van der Waals surface area contributed by atoms with Gasteiger partial charge in [0.15, 0.2) is 0 Å². The Morgan fingerprint density at radius 1 is 1.21 bits per heavy atom. The average Bonchev–Trinajstić information content (AvgIpc) is 3.04. The third kappa shape index (κ3) is 4.26. The van der Waals surface area contributed by atoms with E-state index in [-0.39, 0.29) is 11.8 Å². The summed E-state index contributed by atoms with van der Waals surface area (Å²) in [6, 6.07) is 7.72. The van der Waals surface area contributed by atoms with Gasteiger partial charge in [0.2, 0.25) is 5.91 Å². The zero-order chi connectivity index (χ0) is 16.8. The second kappa shape index (κ2) is 8.15. The van der Waals surface area contributed by atoms with E-state index in [0.29, 0.717) is 18.5 Å². The fraction of sp³-hybridized carbons (Fsp3) is 0.556. The first-order valence-corrected chi connectivity index (χ1v) is 8.73. The molecular formula is C18H25N3O3. The van der Waals surface area contributed by atoms with Gasteiger partial charge in [-0.25, -0.2) is 0 Å². The molecule has 2 heterocycles. The van der Waals surface area contributed by atoms with Gasteiger partial charge in [-0.3, -0.25) is 9.59 Å². The molecule has 0 spiro atoms. The summed E-state index contributed by atoms with van der Waals surface area (Å²) in [6.45, 7) is 5.34. The number of hydrogen-bond donors (Lipinski definition) is 1. The smallest absolute Gasteiger partial charge is 0.251 e. The summed E-state index contributed by atoms with van der Waals surface area (Å²) in [5.41, 5.74) is 1.74. The van der Waals surface area contributed by atoms with Crippen LogP contribution >= 0.6 is 0 Å². The molecule has 0 radical (unpaired) electrons. The van der Waals surface area contributed by atoms with Crippen LogP contribution in [0, 0.1) is 0 Å². The summed E-state index contributed by atoms with van der Waals surface area (Å²) in [5, 5.41) is 2.95. The molecule has 2 aliphatic heterocycles. The van der Waals surface area contributed by atoms with Crippen LogP contribution in [0.25, 0.3) is 0 Å². The van der Waals surface area contributed by atoms with Crippen LogP contribution in [0.3, 0.4) is 0 Å². The van der Waals surface area contributed by atoms with Crippen molar-refractivity contribution in [3.63, 3.8) is 0 Å². The van der Waals surface area contributed by atoms with Crippen LogP contribution in [-0.4, -0.2) is 62.7 Å². The van der Waals surface area contributed by atoms with Crippen LogP contribution in [0.15, 0.2) is 24.3 Å². The third-order valence-corrected chi connectivity index (χ3v) is 4.55. The molecule has 2 saturated heterocycles. The van der Waals surface area contributed by atoms with Gasteiger partial charge in [-0.15, -0.1) is 0 Å². The first-order chi connectivity index (χ1) is 11.7. The molecule has 0 bridgehead atoms. The number of hydrogen-bond acceptors (Lipinski definition) is 4. The maximum atomic E-state index is 12.3. The second-order valence-corrected chi connectivity index (χ2v) is 6.24. The van der Waals surface area contributed by atoms with Gasteiger partial charge in [-0.05, 0) is 31.0 Å². The van der Waals surface area contributed by atoms with Crippen molar-refractivity contribution >= 4 is 17.5 Å². The number of morpholine rings is 1. The highest BCUT2D eigenvalue weighted by Gasteiger charge is 2.19. The molecule has 2 fully saturated rings. The lowest BCUT2D eigenvalue weighted by molar-refractivity contribution is -0.127. The van der Waals surface area contributed by atoms with E-state index in [4.69, 9.17) is 4.74 Å². The Labute approximate surface area is 142 Å². The topological polar surface area (TPSA) is 61.9 Å². The van der Waals surface area contributed by atoms with E-state index in [1.165, 1.54) is 0 Å². The summed E-state index contributed by atoms with van der Waals surface area (Å²) < 4.78 is 5.37. The van der Waals surface area contributed by atoms with Crippen molar-refractivity contribution in [2.75, 3.05) is 50.8 Å². The van der Waals surface area contributed by atoms with E-state index >= 15 is 0 Å². The lowest BCUT2D eigenvalue weighted by Gasteiger charge is -2.29. The SMILES string of the molecule is O=C(NCCCN1CCCC1=O)c1cccc(N2CCOCC2)c1. The number of benzene rings is 1. The molecule has 0 aliphatic carbocycles. The molecule has 6 heteroatoms. The Kier molecular flexibility index (Phi) is 5.69. The van der Waals surface area contributed by atoms with Gasteiger partial charge < -0.3 is 19.9 Å². The monoisotopic (exact) mass is 331 g/mol. The molecule has 1 aromatic rings. The highest BCUT2D eigenvalue weighted by Crippen LogP contribution is 2.17. The molecule has 24 heavy (non-hydrogen) atoms. The average molecular weight is 331 g/mol. The second-order valence-electron chi connectivity index (χ2n) is 6.24. The van der Waals surface area contributed by atoms with E-state index in [1.54, 1.807) is 0 Å². The number of amides is 2. The number of rotatable bonds is 6. The number of anilines is 1. The highest BCUT2D eigenvalue weighted by atomic mass is 16.5. The fourth-order valence-electron chi connectivity index (χ4n) is 3.18. The zero-order valence-electron chi connectivity index (χ0n) is 14.0. The molecule has 0 saturated carbocycles. The van der Waals surface area contributed by atoms with Crippen molar-refractivity contribution in [3.8, 4) is 0 Å². The minimum absolute atomic E-state index is 0.0575. The van der Waals surface area contributed by atoms with Crippen LogP contribution in [-0.2, 0) is 9.53 Å². The molecule has 0 unspecified atom stereocenters. The first-order valence-electron chi connectivity index (χ1n) is 8.73. The lowest BCUT2D eigenvalue weighted by atomic mass is 10.1. The van der Waals surface area contributed by atoms with Crippen molar-refractivity contribution < 1.29 is 14.3 Å². The minimum Gasteiger partial charge on any atom is -0.378 e. The third-order valence-electron chi connectivity index (χ3n) is 4.55. The van der Waals surface area contributed by atoms with Gasteiger partial charge in [-0.2, -0.15) is 0 Å². The lowest BCUT2D eigenvalue weighted by Crippen LogP contribution is -2.36. The van der Waals surface area contributed by atoms with Gasteiger partial charge in [0.1, 0.15) is 0 Å². The molecule has 6 nitrogen and oxygen atoms in total. The first kappa shape index (κ1) is 16.8. The molecule has 1 N–H and O–H groups in total. The van der Waals surface area contributed by atoms with Gasteiger partial charge in [0.25, 0.3) is 5.91 Å². The van der Waals surface area contributed by atoms with Crippen molar-refractivity contribution in [1.29, 1.82) is 0 Å². The maximum Gasteiger partial charge on any atom is 0.251 e. The van der Waals surface area contributed by atoms with E-state index in [1.807, 2.05) is 29.2 Å². The quantitative estimate of drug-likeness (QED) is 0.798. The number of carbonyl (C=O) groups is 2. The van der Waals surface area contributed by atoms with Crippen molar-refractivity contribution in [3.05, 3.63) is 29.8 Å². The van der Waals surface area contributed by atoms with Crippen LogP contribution in [0.1, 0.15) is 29.6 Å². The molecule has 2 amide bonds. The fourth-order valence-corrected chi connectivity index (χ4v) is 3.18. The van der Waals surface area contributed by atoms with Crippen LogP contribution in [0.2, 0.25) is 0 Å². The summed E-state index contributed by atoms with van der Waals surface area (Å²) >= 11 is 0. The Morgan fingerprint density at radius 2 is 2.04 bits per heavy atom. The van der Waals surface area contributed by atoms with Crippen LogP contribution in [0.4, 0.5) is 5.69 Å². The van der Waals surface area contributed by atoms with Crippen molar-refractivity contribution in [1.82, 2.24) is 10.2 Å². The highest BCUT2D eigenvalue weighted by molar-refractivity contribution is 5.95. The summed E-state index contributed by atoms with van der Waals surface area (Å²) in [7, 11) is 0. The van der Waals surface area contributed by atoms with Crippen LogP contribution in [0.5, 0.6) is 0 Å². The van der Waals surface area contributed by atoms with Crippen molar-refractivity contribution in [2.24, 2.45) is 0 Å². The van der Waals surface area contributed by atoms with Gasteiger partial charge in [0.05, 0.1) is 13.2 Å². The number of nitrogens with one attached hydrogen (secondary N) is 1.